The first-order valence-corrected chi connectivity index (χ1v) is 12.2. The minimum atomic E-state index is 0.153. The van der Waals surface area contributed by atoms with Crippen LogP contribution in [0.25, 0.3) is 16.2 Å². The summed E-state index contributed by atoms with van der Waals surface area (Å²) in [5.74, 6) is 0.153. The zero-order valence-electron chi connectivity index (χ0n) is 17.2. The molecule has 0 unspecified atom stereocenters. The van der Waals surface area contributed by atoms with Gasteiger partial charge in [0, 0.05) is 32.8 Å². The number of rotatable bonds is 4. The second-order valence-corrected chi connectivity index (χ2v) is 9.96. The van der Waals surface area contributed by atoms with Crippen LogP contribution in [0.1, 0.15) is 20.8 Å². The van der Waals surface area contributed by atoms with Gasteiger partial charge in [0.2, 0.25) is 0 Å². The third-order valence-corrected chi connectivity index (χ3v) is 7.85. The van der Waals surface area contributed by atoms with Crippen molar-refractivity contribution in [2.75, 3.05) is 4.90 Å². The summed E-state index contributed by atoms with van der Waals surface area (Å²) in [5, 5.41) is 3.57. The summed E-state index contributed by atoms with van der Waals surface area (Å²) in [6, 6.07) is 33.4. The highest BCUT2D eigenvalue weighted by molar-refractivity contribution is 7.23. The summed E-state index contributed by atoms with van der Waals surface area (Å²) in [6.07, 6.45) is 2.77. The molecule has 0 amide bonds. The highest BCUT2D eigenvalue weighted by atomic mass is 32.1. The van der Waals surface area contributed by atoms with E-state index in [1.54, 1.807) is 22.7 Å². The lowest BCUT2D eigenvalue weighted by atomic mass is 10.1. The topological polar surface area (TPSA) is 20.3 Å². The zero-order chi connectivity index (χ0) is 21.5. The van der Waals surface area contributed by atoms with Crippen molar-refractivity contribution in [3.63, 3.8) is 0 Å². The van der Waals surface area contributed by atoms with Gasteiger partial charge in [-0.3, -0.25) is 9.69 Å². The first kappa shape index (κ1) is 19.2. The third kappa shape index (κ3) is 3.38. The Morgan fingerprint density at radius 1 is 0.750 bits per heavy atom. The molecule has 2 aromatic heterocycles. The maximum Gasteiger partial charge on any atom is 0.189 e. The maximum atomic E-state index is 12.8. The first-order chi connectivity index (χ1) is 15.8. The van der Waals surface area contributed by atoms with Crippen molar-refractivity contribution in [3.05, 3.63) is 119 Å². The van der Waals surface area contributed by atoms with Crippen LogP contribution in [0.3, 0.4) is 0 Å². The molecule has 0 saturated carbocycles. The summed E-state index contributed by atoms with van der Waals surface area (Å²) < 4.78 is 1.27. The fraction of sp³-hybridized carbons (Fsp3) is 0.0357. The molecule has 0 aliphatic heterocycles. The van der Waals surface area contributed by atoms with E-state index >= 15 is 0 Å². The minimum Gasteiger partial charge on any atom is -0.293 e. The number of nitrogens with zero attached hydrogens (tertiary/aromatic N) is 1. The molecule has 3 aromatic carbocycles. The van der Waals surface area contributed by atoms with E-state index in [0.717, 1.165) is 32.3 Å². The van der Waals surface area contributed by atoms with E-state index < -0.39 is 0 Å². The fourth-order valence-electron chi connectivity index (χ4n) is 4.20. The molecular formula is C28H19NOS2. The first-order valence-electron chi connectivity index (χ1n) is 10.5. The Labute approximate surface area is 194 Å². The van der Waals surface area contributed by atoms with Crippen molar-refractivity contribution in [1.82, 2.24) is 0 Å². The molecule has 0 fully saturated rings. The Balaban J connectivity index is 1.40. The molecule has 154 valence electrons. The van der Waals surface area contributed by atoms with Gasteiger partial charge in [-0.15, -0.1) is 22.7 Å². The maximum absolute atomic E-state index is 12.8. The van der Waals surface area contributed by atoms with Gasteiger partial charge in [-0.2, -0.15) is 0 Å². The quantitative estimate of drug-likeness (QED) is 0.257. The molecule has 0 saturated heterocycles. The predicted octanol–water partition coefficient (Wildman–Crippen LogP) is 8.26. The van der Waals surface area contributed by atoms with Crippen LogP contribution in [0.4, 0.5) is 15.7 Å². The number of carbonyl (C=O) groups excluding carboxylic acids is 1. The number of anilines is 3. The summed E-state index contributed by atoms with van der Waals surface area (Å²) in [6.45, 7) is 0. The molecule has 1 aliphatic rings. The second-order valence-electron chi connectivity index (χ2n) is 7.80. The van der Waals surface area contributed by atoms with Crippen molar-refractivity contribution in [2.24, 2.45) is 0 Å². The largest absolute Gasteiger partial charge is 0.293 e. The Bertz CT molecular complexity index is 1440. The van der Waals surface area contributed by atoms with Crippen LogP contribution in [-0.4, -0.2) is 5.78 Å². The van der Waals surface area contributed by atoms with Gasteiger partial charge >= 0.3 is 0 Å². The van der Waals surface area contributed by atoms with E-state index in [0.29, 0.717) is 6.42 Å². The standard InChI is InChI=1S/C28H19NOS2/c30-28-21(16-19-8-4-6-12-24(19)28)17-23-14-15-26(31-23)29(22-10-2-1-3-11-22)27-18-20-9-5-7-13-25(20)32-27/h1-15,17-18H,16H2/b21-17+. The average Bonchev–Trinajstić information content (AvgIpc) is 3.53. The zero-order valence-corrected chi connectivity index (χ0v) is 18.8. The predicted molar refractivity (Wildman–Crippen MR) is 137 cm³/mol. The van der Waals surface area contributed by atoms with E-state index in [9.17, 15) is 4.79 Å². The molecule has 0 N–H and O–H groups in total. The van der Waals surface area contributed by atoms with Gasteiger partial charge in [0.15, 0.2) is 5.78 Å². The SMILES string of the molecule is O=C1/C(=C/c2ccc(N(c3ccccc3)c3cc4ccccc4s3)s2)Cc2ccccc21. The highest BCUT2D eigenvalue weighted by Gasteiger charge is 2.24. The number of ketones is 1. The molecule has 5 aromatic rings. The lowest BCUT2D eigenvalue weighted by Gasteiger charge is -2.21. The smallest absolute Gasteiger partial charge is 0.189 e. The van der Waals surface area contributed by atoms with Crippen LogP contribution in [0.5, 0.6) is 0 Å². The summed E-state index contributed by atoms with van der Waals surface area (Å²) >= 11 is 3.50. The van der Waals surface area contributed by atoms with Crippen molar-refractivity contribution in [3.8, 4) is 0 Å². The van der Waals surface area contributed by atoms with Crippen molar-refractivity contribution < 1.29 is 4.79 Å². The number of benzene rings is 3. The van der Waals surface area contributed by atoms with Gasteiger partial charge in [0.05, 0.1) is 0 Å². The Hall–Kier alpha value is -3.47. The molecule has 1 aliphatic carbocycles. The van der Waals surface area contributed by atoms with Gasteiger partial charge in [-0.25, -0.2) is 0 Å². The highest BCUT2D eigenvalue weighted by Crippen LogP contribution is 2.44. The van der Waals surface area contributed by atoms with Crippen LogP contribution < -0.4 is 4.90 Å². The molecule has 0 spiro atoms. The van der Waals surface area contributed by atoms with Gasteiger partial charge in [-0.1, -0.05) is 60.7 Å². The van der Waals surface area contributed by atoms with Crippen LogP contribution in [-0.2, 0) is 6.42 Å². The minimum absolute atomic E-state index is 0.153. The number of thiophene rings is 2. The summed E-state index contributed by atoms with van der Waals surface area (Å²) in [4.78, 5) is 16.2. The van der Waals surface area contributed by atoms with Crippen LogP contribution in [0.2, 0.25) is 0 Å². The normalized spacial score (nSPS) is 14.2. The molecule has 4 heteroatoms. The fourth-order valence-corrected chi connectivity index (χ4v) is 6.37. The van der Waals surface area contributed by atoms with Crippen LogP contribution in [0, 0.1) is 0 Å². The van der Waals surface area contributed by atoms with Crippen molar-refractivity contribution in [1.29, 1.82) is 0 Å². The number of allylic oxidation sites excluding steroid dienone is 1. The third-order valence-electron chi connectivity index (χ3n) is 5.73. The van der Waals surface area contributed by atoms with E-state index in [-0.39, 0.29) is 5.78 Å². The van der Waals surface area contributed by atoms with Gasteiger partial charge < -0.3 is 0 Å². The molecule has 6 rings (SSSR count). The number of Topliss-reactive ketones (excluding diaryl/α,β-unsaturated/α-hetero) is 1. The Morgan fingerprint density at radius 3 is 2.38 bits per heavy atom. The van der Waals surface area contributed by atoms with E-state index in [4.69, 9.17) is 0 Å². The van der Waals surface area contributed by atoms with E-state index in [1.807, 2.05) is 30.3 Å². The average molecular weight is 450 g/mol. The number of hydrogen-bond acceptors (Lipinski definition) is 4. The van der Waals surface area contributed by atoms with Crippen LogP contribution in [0.15, 0.2) is 103 Å². The molecule has 0 atom stereocenters. The van der Waals surface area contributed by atoms with Gasteiger partial charge in [0.25, 0.3) is 0 Å². The second kappa shape index (κ2) is 7.90. The molecule has 0 bridgehead atoms. The van der Waals surface area contributed by atoms with E-state index in [1.165, 1.54) is 15.1 Å². The Kier molecular flexibility index (Phi) is 4.75. The lowest BCUT2D eigenvalue weighted by Crippen LogP contribution is -2.06. The summed E-state index contributed by atoms with van der Waals surface area (Å²) in [7, 11) is 0. The number of para-hydroxylation sites is 1. The summed E-state index contributed by atoms with van der Waals surface area (Å²) in [5.41, 5.74) is 3.96. The van der Waals surface area contributed by atoms with Gasteiger partial charge in [-0.05, 0) is 53.4 Å². The molecule has 32 heavy (non-hydrogen) atoms. The van der Waals surface area contributed by atoms with Gasteiger partial charge in [0.1, 0.15) is 10.0 Å². The molecule has 0 radical (unpaired) electrons. The van der Waals surface area contributed by atoms with E-state index in [2.05, 4.69) is 77.7 Å². The monoisotopic (exact) mass is 449 g/mol. The van der Waals surface area contributed by atoms with Crippen molar-refractivity contribution in [2.45, 2.75) is 6.42 Å². The molecule has 2 heterocycles. The number of hydrogen-bond donors (Lipinski definition) is 0. The molecule has 2 nitrogen and oxygen atoms in total. The van der Waals surface area contributed by atoms with Crippen LogP contribution >= 0.6 is 22.7 Å². The Morgan fingerprint density at radius 2 is 1.53 bits per heavy atom. The lowest BCUT2D eigenvalue weighted by molar-refractivity contribution is 0.104. The number of carbonyl (C=O) groups is 1. The van der Waals surface area contributed by atoms with Crippen molar-refractivity contribution >= 4 is 60.3 Å². The number of fused-ring (bicyclic) bond motifs is 2. The molecular weight excluding hydrogens is 430 g/mol.